The van der Waals surface area contributed by atoms with Gasteiger partial charge in [0.15, 0.2) is 0 Å². The Bertz CT molecular complexity index is 776. The number of para-hydroxylation sites is 2. The van der Waals surface area contributed by atoms with Crippen molar-refractivity contribution in [2.45, 2.75) is 11.8 Å². The number of thioether (sulfide) groups is 1. The Hall–Kier alpha value is -2.20. The van der Waals surface area contributed by atoms with Gasteiger partial charge in [-0.1, -0.05) is 37.3 Å². The zero-order chi connectivity index (χ0) is 15.5. The predicted octanol–water partition coefficient (Wildman–Crippen LogP) is 4.56. The van der Waals surface area contributed by atoms with Crippen LogP contribution in [0.4, 0.5) is 5.69 Å². The molecule has 0 saturated carbocycles. The lowest BCUT2D eigenvalue weighted by molar-refractivity contribution is 0.0988. The van der Waals surface area contributed by atoms with Crippen molar-refractivity contribution in [3.8, 4) is 0 Å². The van der Waals surface area contributed by atoms with Crippen LogP contribution in [0.1, 0.15) is 17.4 Å². The molecule has 1 N–H and O–H groups in total. The second kappa shape index (κ2) is 6.28. The summed E-state index contributed by atoms with van der Waals surface area (Å²) in [5.74, 6) is 0.950. The van der Waals surface area contributed by atoms with E-state index >= 15 is 0 Å². The molecular weight excluding hydrogens is 292 g/mol. The highest BCUT2D eigenvalue weighted by Gasteiger charge is 2.18. The molecule has 1 heterocycles. The van der Waals surface area contributed by atoms with Crippen LogP contribution in [0, 0.1) is 0 Å². The number of hydrogen-bond donors (Lipinski definition) is 1. The molecule has 3 nitrogen and oxygen atoms in total. The molecule has 0 fully saturated rings. The molecule has 0 unspecified atom stereocenters. The normalized spacial score (nSPS) is 10.8. The van der Waals surface area contributed by atoms with Gasteiger partial charge in [-0.3, -0.25) is 4.79 Å². The highest BCUT2D eigenvalue weighted by Crippen LogP contribution is 2.30. The van der Waals surface area contributed by atoms with Crippen LogP contribution in [0.5, 0.6) is 0 Å². The number of nitrogens with one attached hydrogen (secondary N) is 1. The quantitative estimate of drug-likeness (QED) is 0.717. The number of carbonyl (C=O) groups is 1. The molecule has 3 rings (SSSR count). The average Bonchev–Trinajstić information content (AvgIpc) is 2.98. The topological polar surface area (TPSA) is 36.1 Å². The molecule has 0 aliphatic heterocycles. The summed E-state index contributed by atoms with van der Waals surface area (Å²) in [6.07, 6.45) is 0. The van der Waals surface area contributed by atoms with Crippen molar-refractivity contribution in [2.24, 2.45) is 0 Å². The molecule has 0 saturated heterocycles. The number of aromatic amines is 1. The van der Waals surface area contributed by atoms with Crippen LogP contribution in [0.15, 0.2) is 59.5 Å². The number of benzene rings is 2. The molecule has 112 valence electrons. The molecule has 0 bridgehead atoms. The Labute approximate surface area is 134 Å². The second-order valence-corrected chi connectivity index (χ2v) is 6.34. The minimum atomic E-state index is -0.0275. The maximum absolute atomic E-state index is 12.8. The summed E-state index contributed by atoms with van der Waals surface area (Å²) in [5.41, 5.74) is 2.54. The molecule has 0 aliphatic rings. The van der Waals surface area contributed by atoms with Gasteiger partial charge in [0.05, 0.1) is 5.69 Å². The van der Waals surface area contributed by atoms with E-state index in [1.807, 2.05) is 55.6 Å². The van der Waals surface area contributed by atoms with E-state index in [1.54, 1.807) is 16.7 Å². The molecule has 3 aromatic rings. The monoisotopic (exact) mass is 310 g/mol. The van der Waals surface area contributed by atoms with Crippen LogP contribution in [0.25, 0.3) is 10.9 Å². The van der Waals surface area contributed by atoms with Crippen molar-refractivity contribution in [1.29, 1.82) is 0 Å². The van der Waals surface area contributed by atoms with E-state index in [0.29, 0.717) is 5.69 Å². The standard InChI is InChI=1S/C18H18N2OS/c1-3-22-17-11-7-6-10-16(17)20(2)18(21)15-12-13-8-4-5-9-14(13)19-15/h4-12,19H,3H2,1-2H3. The lowest BCUT2D eigenvalue weighted by Crippen LogP contribution is -2.27. The smallest absolute Gasteiger partial charge is 0.274 e. The van der Waals surface area contributed by atoms with E-state index in [0.717, 1.165) is 27.2 Å². The third-order valence-electron chi connectivity index (χ3n) is 3.59. The molecule has 0 aliphatic carbocycles. The molecular formula is C18H18N2OS. The Morgan fingerprint density at radius 2 is 1.86 bits per heavy atom. The van der Waals surface area contributed by atoms with Gasteiger partial charge >= 0.3 is 0 Å². The lowest BCUT2D eigenvalue weighted by atomic mass is 10.2. The van der Waals surface area contributed by atoms with Crippen molar-refractivity contribution in [2.75, 3.05) is 17.7 Å². The van der Waals surface area contributed by atoms with E-state index in [-0.39, 0.29) is 5.91 Å². The largest absolute Gasteiger partial charge is 0.351 e. The van der Waals surface area contributed by atoms with Gasteiger partial charge in [-0.05, 0) is 30.0 Å². The Morgan fingerprint density at radius 1 is 1.14 bits per heavy atom. The molecule has 0 atom stereocenters. The van der Waals surface area contributed by atoms with Gasteiger partial charge in [0.2, 0.25) is 0 Å². The first-order valence-corrected chi connectivity index (χ1v) is 8.27. The van der Waals surface area contributed by atoms with Crippen LogP contribution >= 0.6 is 11.8 Å². The lowest BCUT2D eigenvalue weighted by Gasteiger charge is -2.19. The molecule has 1 aromatic heterocycles. The maximum atomic E-state index is 12.8. The molecule has 0 radical (unpaired) electrons. The Balaban J connectivity index is 1.94. The van der Waals surface area contributed by atoms with Crippen molar-refractivity contribution in [3.63, 3.8) is 0 Å². The first-order valence-electron chi connectivity index (χ1n) is 7.28. The summed E-state index contributed by atoms with van der Waals surface area (Å²) in [6.45, 7) is 2.11. The maximum Gasteiger partial charge on any atom is 0.274 e. The van der Waals surface area contributed by atoms with Gasteiger partial charge in [0.25, 0.3) is 5.91 Å². The molecule has 2 aromatic carbocycles. The van der Waals surface area contributed by atoms with Gasteiger partial charge < -0.3 is 9.88 Å². The molecule has 0 spiro atoms. The number of carbonyl (C=O) groups excluding carboxylic acids is 1. The van der Waals surface area contributed by atoms with E-state index in [1.165, 1.54) is 0 Å². The summed E-state index contributed by atoms with van der Waals surface area (Å²) < 4.78 is 0. The van der Waals surface area contributed by atoms with E-state index < -0.39 is 0 Å². The summed E-state index contributed by atoms with van der Waals surface area (Å²) in [4.78, 5) is 18.8. The summed E-state index contributed by atoms with van der Waals surface area (Å²) in [7, 11) is 1.82. The highest BCUT2D eigenvalue weighted by molar-refractivity contribution is 7.99. The van der Waals surface area contributed by atoms with Gasteiger partial charge in [0.1, 0.15) is 5.69 Å². The number of fused-ring (bicyclic) bond motifs is 1. The summed E-state index contributed by atoms with van der Waals surface area (Å²) >= 11 is 1.74. The van der Waals surface area contributed by atoms with Crippen LogP contribution in [0.3, 0.4) is 0 Å². The Morgan fingerprint density at radius 3 is 2.64 bits per heavy atom. The first-order chi connectivity index (χ1) is 10.7. The fourth-order valence-electron chi connectivity index (χ4n) is 2.49. The third-order valence-corrected chi connectivity index (χ3v) is 4.54. The van der Waals surface area contributed by atoms with Crippen LogP contribution in [-0.4, -0.2) is 23.7 Å². The third kappa shape index (κ3) is 2.74. The van der Waals surface area contributed by atoms with Crippen LogP contribution in [-0.2, 0) is 0 Å². The van der Waals surface area contributed by atoms with Crippen LogP contribution < -0.4 is 4.90 Å². The average molecular weight is 310 g/mol. The SMILES string of the molecule is CCSc1ccccc1N(C)C(=O)c1cc2ccccc2[nH]1. The van der Waals surface area contributed by atoms with Gasteiger partial charge in [-0.25, -0.2) is 0 Å². The fraction of sp³-hybridized carbons (Fsp3) is 0.167. The number of nitrogens with zero attached hydrogens (tertiary/aromatic N) is 1. The number of rotatable bonds is 4. The fourth-order valence-corrected chi connectivity index (χ4v) is 3.33. The number of hydrogen-bond acceptors (Lipinski definition) is 2. The number of anilines is 1. The number of H-pyrrole nitrogens is 1. The molecule has 1 amide bonds. The number of amides is 1. The first kappa shape index (κ1) is 14.7. The minimum Gasteiger partial charge on any atom is -0.351 e. The highest BCUT2D eigenvalue weighted by atomic mass is 32.2. The molecule has 22 heavy (non-hydrogen) atoms. The second-order valence-electron chi connectivity index (χ2n) is 5.04. The van der Waals surface area contributed by atoms with Crippen molar-refractivity contribution in [3.05, 3.63) is 60.3 Å². The minimum absolute atomic E-state index is 0.0275. The van der Waals surface area contributed by atoms with Gasteiger partial charge in [-0.2, -0.15) is 0 Å². The Kier molecular flexibility index (Phi) is 4.20. The van der Waals surface area contributed by atoms with Gasteiger partial charge in [-0.15, -0.1) is 11.8 Å². The molecule has 4 heteroatoms. The number of aromatic nitrogens is 1. The van der Waals surface area contributed by atoms with Crippen molar-refractivity contribution >= 4 is 34.3 Å². The van der Waals surface area contributed by atoms with Crippen molar-refractivity contribution < 1.29 is 4.79 Å². The van der Waals surface area contributed by atoms with E-state index in [9.17, 15) is 4.79 Å². The zero-order valence-corrected chi connectivity index (χ0v) is 13.5. The predicted molar refractivity (Wildman–Crippen MR) is 93.9 cm³/mol. The summed E-state index contributed by atoms with van der Waals surface area (Å²) in [6, 6.07) is 17.8. The van der Waals surface area contributed by atoms with E-state index in [4.69, 9.17) is 0 Å². The zero-order valence-electron chi connectivity index (χ0n) is 12.7. The van der Waals surface area contributed by atoms with E-state index in [2.05, 4.69) is 18.0 Å². The van der Waals surface area contributed by atoms with Crippen molar-refractivity contribution in [1.82, 2.24) is 4.98 Å². The summed E-state index contributed by atoms with van der Waals surface area (Å²) in [5, 5.41) is 1.05. The van der Waals surface area contributed by atoms with Gasteiger partial charge in [0, 0.05) is 22.8 Å². The van der Waals surface area contributed by atoms with Crippen LogP contribution in [0.2, 0.25) is 0 Å².